The second kappa shape index (κ2) is 12.3. The lowest BCUT2D eigenvalue weighted by Crippen LogP contribution is -2.38. The van der Waals surface area contributed by atoms with Gasteiger partial charge < -0.3 is 15.2 Å². The molecular formula is C20H30IN5OS. The van der Waals surface area contributed by atoms with Crippen LogP contribution in [0.15, 0.2) is 33.8 Å². The van der Waals surface area contributed by atoms with Crippen LogP contribution in [0.4, 0.5) is 0 Å². The van der Waals surface area contributed by atoms with E-state index in [0.717, 1.165) is 49.8 Å². The lowest BCUT2D eigenvalue weighted by Gasteiger charge is -2.12. The van der Waals surface area contributed by atoms with Gasteiger partial charge in [-0.1, -0.05) is 24.2 Å². The molecule has 0 radical (unpaired) electrons. The van der Waals surface area contributed by atoms with E-state index < -0.39 is 0 Å². The summed E-state index contributed by atoms with van der Waals surface area (Å²) >= 11 is 2.05. The number of benzene rings is 1. The molecule has 154 valence electrons. The number of thioether (sulfide) groups is 1. The molecule has 0 spiro atoms. The third-order valence-corrected chi connectivity index (χ3v) is 5.89. The van der Waals surface area contributed by atoms with Gasteiger partial charge in [-0.25, -0.2) is 0 Å². The van der Waals surface area contributed by atoms with E-state index in [2.05, 4.69) is 39.8 Å². The molecule has 2 aromatic rings. The van der Waals surface area contributed by atoms with E-state index in [0.29, 0.717) is 11.1 Å². The molecule has 1 atom stereocenters. The number of guanidine groups is 1. The van der Waals surface area contributed by atoms with Crippen LogP contribution >= 0.6 is 35.7 Å². The highest BCUT2D eigenvalue weighted by Crippen LogP contribution is 2.26. The summed E-state index contributed by atoms with van der Waals surface area (Å²) in [6.07, 6.45) is 4.34. The van der Waals surface area contributed by atoms with Crippen molar-refractivity contribution < 1.29 is 4.52 Å². The fourth-order valence-corrected chi connectivity index (χ4v) is 4.16. The fourth-order valence-electron chi connectivity index (χ4n) is 2.98. The van der Waals surface area contributed by atoms with Gasteiger partial charge >= 0.3 is 0 Å². The number of halogens is 1. The highest BCUT2D eigenvalue weighted by atomic mass is 127. The van der Waals surface area contributed by atoms with Crippen molar-refractivity contribution in [3.63, 3.8) is 0 Å². The summed E-state index contributed by atoms with van der Waals surface area (Å²) in [6, 6.07) is 8.32. The van der Waals surface area contributed by atoms with Gasteiger partial charge in [0.1, 0.15) is 0 Å². The molecule has 28 heavy (non-hydrogen) atoms. The highest BCUT2D eigenvalue weighted by Gasteiger charge is 2.15. The summed E-state index contributed by atoms with van der Waals surface area (Å²) in [7, 11) is 0. The van der Waals surface area contributed by atoms with Crippen LogP contribution in [0.1, 0.15) is 38.1 Å². The normalized spacial score (nSPS) is 16.6. The number of hydrogen-bond donors (Lipinski definition) is 2. The standard InChI is InChI=1S/C20H29N5OS.HI/c1-3-18-24-19(26-25-18)16-9-7-15(8-10-16)11-12-22-20(21-4-2)23-14-17-6-5-13-27-17;/h7-10,17H,3-6,11-14H2,1-2H3,(H2,21,22,23);1H. The first-order valence-electron chi connectivity index (χ1n) is 9.84. The summed E-state index contributed by atoms with van der Waals surface area (Å²) in [5.41, 5.74) is 2.23. The summed E-state index contributed by atoms with van der Waals surface area (Å²) in [4.78, 5) is 9.11. The maximum absolute atomic E-state index is 5.29. The molecule has 1 saturated heterocycles. The van der Waals surface area contributed by atoms with Crippen LogP contribution in [-0.4, -0.2) is 46.7 Å². The summed E-state index contributed by atoms with van der Waals surface area (Å²) in [5, 5.41) is 11.4. The van der Waals surface area contributed by atoms with E-state index >= 15 is 0 Å². The van der Waals surface area contributed by atoms with E-state index in [9.17, 15) is 0 Å². The van der Waals surface area contributed by atoms with Gasteiger partial charge in [0.15, 0.2) is 11.8 Å². The average Bonchev–Trinajstić information content (AvgIpc) is 3.38. The van der Waals surface area contributed by atoms with E-state index in [1.165, 1.54) is 24.2 Å². The van der Waals surface area contributed by atoms with Crippen LogP contribution in [0.2, 0.25) is 0 Å². The molecule has 6 nitrogen and oxygen atoms in total. The Morgan fingerprint density at radius 3 is 2.71 bits per heavy atom. The van der Waals surface area contributed by atoms with Crippen molar-refractivity contribution in [2.75, 3.05) is 25.4 Å². The van der Waals surface area contributed by atoms with Crippen molar-refractivity contribution in [3.05, 3.63) is 35.7 Å². The van der Waals surface area contributed by atoms with Crippen LogP contribution in [-0.2, 0) is 12.8 Å². The van der Waals surface area contributed by atoms with E-state index in [4.69, 9.17) is 9.52 Å². The lowest BCUT2D eigenvalue weighted by molar-refractivity contribution is 0.423. The van der Waals surface area contributed by atoms with Crippen LogP contribution in [0.5, 0.6) is 0 Å². The van der Waals surface area contributed by atoms with Crippen molar-refractivity contribution in [2.45, 2.75) is 44.8 Å². The van der Waals surface area contributed by atoms with Gasteiger partial charge in [-0.15, -0.1) is 24.0 Å². The first-order chi connectivity index (χ1) is 13.3. The van der Waals surface area contributed by atoms with Gasteiger partial charge in [-0.05, 0) is 49.6 Å². The molecular weight excluding hydrogens is 485 g/mol. The van der Waals surface area contributed by atoms with Crippen LogP contribution in [0.25, 0.3) is 11.5 Å². The second-order valence-corrected chi connectivity index (χ2v) is 8.01. The Labute approximate surface area is 188 Å². The Morgan fingerprint density at radius 1 is 1.25 bits per heavy atom. The third-order valence-electron chi connectivity index (χ3n) is 4.51. The van der Waals surface area contributed by atoms with E-state index in [1.54, 1.807) is 0 Å². The molecule has 2 N–H and O–H groups in total. The molecule has 1 aliphatic heterocycles. The Hall–Kier alpha value is -1.29. The minimum absolute atomic E-state index is 0. The molecule has 0 saturated carbocycles. The predicted octanol–water partition coefficient (Wildman–Crippen LogP) is 3.91. The fraction of sp³-hybridized carbons (Fsp3) is 0.550. The molecule has 0 bridgehead atoms. The van der Waals surface area contributed by atoms with Gasteiger partial charge in [0.05, 0.1) is 6.54 Å². The first kappa shape index (κ1) is 23.0. The molecule has 1 aromatic heterocycles. The van der Waals surface area contributed by atoms with Gasteiger partial charge in [-0.3, -0.25) is 4.99 Å². The number of hydrogen-bond acceptors (Lipinski definition) is 5. The van der Waals surface area contributed by atoms with Crippen molar-refractivity contribution in [2.24, 2.45) is 4.99 Å². The molecule has 2 heterocycles. The lowest BCUT2D eigenvalue weighted by atomic mass is 10.1. The van der Waals surface area contributed by atoms with Crippen molar-refractivity contribution in [1.29, 1.82) is 0 Å². The van der Waals surface area contributed by atoms with E-state index in [1.807, 2.05) is 30.8 Å². The molecule has 0 aliphatic carbocycles. The molecule has 3 rings (SSSR count). The molecule has 1 unspecified atom stereocenters. The number of nitrogens with one attached hydrogen (secondary N) is 2. The summed E-state index contributed by atoms with van der Waals surface area (Å²) in [6.45, 7) is 6.74. The summed E-state index contributed by atoms with van der Waals surface area (Å²) < 4.78 is 5.29. The van der Waals surface area contributed by atoms with Crippen LogP contribution < -0.4 is 10.6 Å². The van der Waals surface area contributed by atoms with Crippen molar-refractivity contribution in [3.8, 4) is 11.5 Å². The highest BCUT2D eigenvalue weighted by molar-refractivity contribution is 14.0. The van der Waals surface area contributed by atoms with Crippen LogP contribution in [0.3, 0.4) is 0 Å². The number of aromatic nitrogens is 2. The first-order valence-corrected chi connectivity index (χ1v) is 10.9. The Kier molecular flexibility index (Phi) is 10.1. The maximum Gasteiger partial charge on any atom is 0.257 e. The smallest absolute Gasteiger partial charge is 0.257 e. The molecule has 0 amide bonds. The second-order valence-electron chi connectivity index (χ2n) is 6.60. The number of nitrogens with zero attached hydrogens (tertiary/aromatic N) is 3. The SMILES string of the molecule is CCNC(=NCC1CCCS1)NCCc1ccc(-c2nc(CC)no2)cc1.I. The quantitative estimate of drug-likeness (QED) is 0.316. The third kappa shape index (κ3) is 6.95. The molecule has 1 fully saturated rings. The Balaban J connectivity index is 0.00000280. The van der Waals surface area contributed by atoms with Gasteiger partial charge in [-0.2, -0.15) is 16.7 Å². The Bertz CT molecular complexity index is 728. The minimum Gasteiger partial charge on any atom is -0.357 e. The predicted molar refractivity (Wildman–Crippen MR) is 128 cm³/mol. The maximum atomic E-state index is 5.29. The minimum atomic E-state index is 0. The summed E-state index contributed by atoms with van der Waals surface area (Å²) in [5.74, 6) is 3.52. The van der Waals surface area contributed by atoms with Crippen LogP contribution in [0, 0.1) is 0 Å². The molecule has 1 aliphatic rings. The van der Waals surface area contributed by atoms with Gasteiger partial charge in [0.25, 0.3) is 5.89 Å². The van der Waals surface area contributed by atoms with E-state index in [-0.39, 0.29) is 24.0 Å². The number of aliphatic imine (C=N–C) groups is 1. The van der Waals surface area contributed by atoms with Gasteiger partial charge in [0.2, 0.25) is 0 Å². The monoisotopic (exact) mass is 515 g/mol. The van der Waals surface area contributed by atoms with Crippen molar-refractivity contribution >= 4 is 41.7 Å². The molecule has 8 heteroatoms. The van der Waals surface area contributed by atoms with Crippen molar-refractivity contribution in [1.82, 2.24) is 20.8 Å². The zero-order chi connectivity index (χ0) is 18.9. The molecule has 1 aromatic carbocycles. The zero-order valence-electron chi connectivity index (χ0n) is 16.6. The van der Waals surface area contributed by atoms with Gasteiger partial charge in [0, 0.05) is 30.3 Å². The number of aryl methyl sites for hydroxylation is 1. The Morgan fingerprint density at radius 2 is 2.07 bits per heavy atom. The largest absolute Gasteiger partial charge is 0.357 e. The zero-order valence-corrected chi connectivity index (χ0v) is 19.8. The number of rotatable bonds is 8. The topological polar surface area (TPSA) is 75.3 Å². The average molecular weight is 515 g/mol.